The molecule has 0 bridgehead atoms. The molecule has 2 rings (SSSR count). The summed E-state index contributed by atoms with van der Waals surface area (Å²) < 4.78 is 0. The number of carbonyl (C=O) groups is 1. The van der Waals surface area contributed by atoms with Gasteiger partial charge in [0, 0.05) is 13.1 Å². The zero-order chi connectivity index (χ0) is 9.97. The third-order valence-electron chi connectivity index (χ3n) is 2.54. The summed E-state index contributed by atoms with van der Waals surface area (Å²) in [7, 11) is 0. The monoisotopic (exact) mass is 191 g/mol. The standard InChI is InChI=1S/C11H13NO2/c13-8-10-7-12(11(10)14)6-9-4-2-1-3-5-9/h1-5,10,13H,6-8H2. The Bertz CT molecular complexity index is 323. The normalized spacial score (nSPS) is 20.8. The number of amides is 1. The average Bonchev–Trinajstić information content (AvgIpc) is 2.24. The van der Waals surface area contributed by atoms with E-state index in [1.165, 1.54) is 0 Å². The molecule has 14 heavy (non-hydrogen) atoms. The second-order valence-corrected chi connectivity index (χ2v) is 3.58. The van der Waals surface area contributed by atoms with E-state index in [9.17, 15) is 4.79 Å². The van der Waals surface area contributed by atoms with Gasteiger partial charge in [-0.1, -0.05) is 30.3 Å². The second kappa shape index (κ2) is 3.80. The highest BCUT2D eigenvalue weighted by Crippen LogP contribution is 2.19. The third-order valence-corrected chi connectivity index (χ3v) is 2.54. The number of aliphatic hydroxyl groups excluding tert-OH is 1. The van der Waals surface area contributed by atoms with Crippen LogP contribution in [0, 0.1) is 5.92 Å². The van der Waals surface area contributed by atoms with Gasteiger partial charge in [0.1, 0.15) is 0 Å². The molecule has 1 atom stereocenters. The molecule has 1 unspecified atom stereocenters. The van der Waals surface area contributed by atoms with Gasteiger partial charge in [0.05, 0.1) is 12.5 Å². The predicted molar refractivity (Wildman–Crippen MR) is 52.4 cm³/mol. The summed E-state index contributed by atoms with van der Waals surface area (Å²) in [5.74, 6) is -0.0879. The quantitative estimate of drug-likeness (QED) is 0.712. The largest absolute Gasteiger partial charge is 0.395 e. The third kappa shape index (κ3) is 1.63. The molecular weight excluding hydrogens is 178 g/mol. The lowest BCUT2D eigenvalue weighted by Crippen LogP contribution is -2.53. The Kier molecular flexibility index (Phi) is 2.50. The van der Waals surface area contributed by atoms with Gasteiger partial charge >= 0.3 is 0 Å². The van der Waals surface area contributed by atoms with Crippen LogP contribution in [-0.2, 0) is 11.3 Å². The smallest absolute Gasteiger partial charge is 0.230 e. The van der Waals surface area contributed by atoms with Gasteiger partial charge in [0.25, 0.3) is 0 Å². The van der Waals surface area contributed by atoms with Crippen molar-refractivity contribution in [2.24, 2.45) is 5.92 Å². The van der Waals surface area contributed by atoms with Gasteiger partial charge in [-0.15, -0.1) is 0 Å². The molecule has 1 amide bonds. The Balaban J connectivity index is 1.92. The number of nitrogens with zero attached hydrogens (tertiary/aromatic N) is 1. The van der Waals surface area contributed by atoms with Crippen LogP contribution in [0.5, 0.6) is 0 Å². The fourth-order valence-electron chi connectivity index (χ4n) is 1.66. The van der Waals surface area contributed by atoms with Gasteiger partial charge in [-0.2, -0.15) is 0 Å². The molecule has 74 valence electrons. The minimum Gasteiger partial charge on any atom is -0.395 e. The van der Waals surface area contributed by atoms with Gasteiger partial charge < -0.3 is 10.0 Å². The van der Waals surface area contributed by atoms with Crippen LogP contribution in [0.3, 0.4) is 0 Å². The Morgan fingerprint density at radius 1 is 1.36 bits per heavy atom. The van der Waals surface area contributed by atoms with Crippen molar-refractivity contribution < 1.29 is 9.90 Å². The molecule has 1 heterocycles. The van der Waals surface area contributed by atoms with Crippen molar-refractivity contribution in [2.75, 3.05) is 13.2 Å². The molecule has 1 aliphatic rings. The number of benzene rings is 1. The van der Waals surface area contributed by atoms with Crippen LogP contribution in [-0.4, -0.2) is 29.1 Å². The Morgan fingerprint density at radius 2 is 2.07 bits per heavy atom. The summed E-state index contributed by atoms with van der Waals surface area (Å²) in [5, 5.41) is 8.79. The van der Waals surface area contributed by atoms with Crippen LogP contribution < -0.4 is 0 Å². The van der Waals surface area contributed by atoms with E-state index in [0.29, 0.717) is 13.1 Å². The molecule has 0 radical (unpaired) electrons. The van der Waals surface area contributed by atoms with Crippen LogP contribution in [0.1, 0.15) is 5.56 Å². The van der Waals surface area contributed by atoms with E-state index in [1.807, 2.05) is 30.3 Å². The fraction of sp³-hybridized carbons (Fsp3) is 0.364. The highest BCUT2D eigenvalue weighted by atomic mass is 16.3. The first-order valence-corrected chi connectivity index (χ1v) is 4.75. The van der Waals surface area contributed by atoms with Crippen molar-refractivity contribution in [2.45, 2.75) is 6.54 Å². The fourth-order valence-corrected chi connectivity index (χ4v) is 1.66. The Labute approximate surface area is 83.0 Å². The number of aliphatic hydroxyl groups is 1. The molecule has 3 nitrogen and oxygen atoms in total. The molecule has 3 heteroatoms. The summed E-state index contributed by atoms with van der Waals surface area (Å²) >= 11 is 0. The van der Waals surface area contributed by atoms with E-state index in [-0.39, 0.29) is 18.4 Å². The minimum atomic E-state index is -0.154. The van der Waals surface area contributed by atoms with Gasteiger partial charge in [-0.3, -0.25) is 4.79 Å². The first kappa shape index (κ1) is 9.21. The Hall–Kier alpha value is -1.35. The van der Waals surface area contributed by atoms with E-state index < -0.39 is 0 Å². The van der Waals surface area contributed by atoms with Crippen molar-refractivity contribution in [1.29, 1.82) is 0 Å². The molecule has 1 fully saturated rings. The maximum atomic E-state index is 11.4. The molecule has 0 aromatic heterocycles. The highest BCUT2D eigenvalue weighted by molar-refractivity contribution is 5.84. The summed E-state index contributed by atoms with van der Waals surface area (Å²) in [6, 6.07) is 9.88. The van der Waals surface area contributed by atoms with Crippen molar-refractivity contribution in [3.63, 3.8) is 0 Å². The van der Waals surface area contributed by atoms with Gasteiger partial charge in [0.15, 0.2) is 0 Å². The Morgan fingerprint density at radius 3 is 2.64 bits per heavy atom. The summed E-state index contributed by atoms with van der Waals surface area (Å²) in [5.41, 5.74) is 1.14. The zero-order valence-corrected chi connectivity index (χ0v) is 7.89. The lowest BCUT2D eigenvalue weighted by Gasteiger charge is -2.37. The number of hydrogen-bond donors (Lipinski definition) is 1. The lowest BCUT2D eigenvalue weighted by atomic mass is 9.99. The molecule has 1 aliphatic heterocycles. The van der Waals surface area contributed by atoms with Gasteiger partial charge in [0.2, 0.25) is 5.91 Å². The first-order valence-electron chi connectivity index (χ1n) is 4.75. The molecule has 1 N–H and O–H groups in total. The predicted octanol–water partition coefficient (Wildman–Crippen LogP) is 0.637. The van der Waals surface area contributed by atoms with Gasteiger partial charge in [-0.25, -0.2) is 0 Å². The van der Waals surface area contributed by atoms with Crippen molar-refractivity contribution in [1.82, 2.24) is 4.90 Å². The van der Waals surface area contributed by atoms with E-state index in [2.05, 4.69) is 0 Å². The molecule has 0 spiro atoms. The lowest BCUT2D eigenvalue weighted by molar-refractivity contribution is -0.150. The number of hydrogen-bond acceptors (Lipinski definition) is 2. The maximum absolute atomic E-state index is 11.4. The van der Waals surface area contributed by atoms with Crippen LogP contribution >= 0.6 is 0 Å². The molecule has 1 aromatic rings. The van der Waals surface area contributed by atoms with Crippen LogP contribution in [0.25, 0.3) is 0 Å². The SMILES string of the molecule is O=C1C(CO)CN1Cc1ccccc1. The van der Waals surface area contributed by atoms with Crippen LogP contribution in [0.2, 0.25) is 0 Å². The van der Waals surface area contributed by atoms with Crippen LogP contribution in [0.4, 0.5) is 0 Å². The second-order valence-electron chi connectivity index (χ2n) is 3.58. The molecule has 1 saturated heterocycles. The number of β-lactam (4-membered cyclic amide) rings is 1. The number of rotatable bonds is 3. The summed E-state index contributed by atoms with van der Waals surface area (Å²) in [4.78, 5) is 13.1. The molecule has 1 aromatic carbocycles. The van der Waals surface area contributed by atoms with E-state index >= 15 is 0 Å². The average molecular weight is 191 g/mol. The van der Waals surface area contributed by atoms with E-state index in [0.717, 1.165) is 5.56 Å². The highest BCUT2D eigenvalue weighted by Gasteiger charge is 2.35. The topological polar surface area (TPSA) is 40.5 Å². The molecular formula is C11H13NO2. The molecule has 0 saturated carbocycles. The van der Waals surface area contributed by atoms with Crippen LogP contribution in [0.15, 0.2) is 30.3 Å². The number of likely N-dealkylation sites (tertiary alicyclic amines) is 1. The molecule has 0 aliphatic carbocycles. The summed E-state index contributed by atoms with van der Waals surface area (Å²) in [6.07, 6.45) is 0. The zero-order valence-electron chi connectivity index (χ0n) is 7.89. The summed E-state index contributed by atoms with van der Waals surface area (Å²) in [6.45, 7) is 1.32. The van der Waals surface area contributed by atoms with Crippen molar-refractivity contribution in [3.8, 4) is 0 Å². The first-order chi connectivity index (χ1) is 6.81. The van der Waals surface area contributed by atoms with Crippen molar-refractivity contribution >= 4 is 5.91 Å². The minimum absolute atomic E-state index is 0.0237. The van der Waals surface area contributed by atoms with Gasteiger partial charge in [-0.05, 0) is 5.56 Å². The number of carbonyl (C=O) groups excluding carboxylic acids is 1. The van der Waals surface area contributed by atoms with Crippen molar-refractivity contribution in [3.05, 3.63) is 35.9 Å². The maximum Gasteiger partial charge on any atom is 0.230 e. The van der Waals surface area contributed by atoms with E-state index in [1.54, 1.807) is 4.90 Å². The van der Waals surface area contributed by atoms with E-state index in [4.69, 9.17) is 5.11 Å².